The van der Waals surface area contributed by atoms with Crippen molar-refractivity contribution in [2.75, 3.05) is 11.5 Å². The highest BCUT2D eigenvalue weighted by atomic mass is 32.2. The second-order valence-electron chi connectivity index (χ2n) is 2.29. The van der Waals surface area contributed by atoms with Crippen LogP contribution in [-0.4, -0.2) is 32.1 Å². The number of ether oxygens (including phenoxy) is 1. The van der Waals surface area contributed by atoms with E-state index < -0.39 is 9.84 Å². The fourth-order valence-electron chi connectivity index (χ4n) is 1.04. The Morgan fingerprint density at radius 2 is 1.75 bits per heavy atom. The Morgan fingerprint density at radius 1 is 1.25 bits per heavy atom. The Labute approximate surface area is 47.6 Å². The molecule has 2 rings (SSSR count). The van der Waals surface area contributed by atoms with Gasteiger partial charge in [-0.2, -0.15) is 0 Å². The molecule has 0 saturated carbocycles. The van der Waals surface area contributed by atoms with Crippen LogP contribution in [-0.2, 0) is 14.6 Å². The highest BCUT2D eigenvalue weighted by molar-refractivity contribution is 7.91. The van der Waals surface area contributed by atoms with Crippen molar-refractivity contribution in [2.45, 2.75) is 12.2 Å². The zero-order chi connectivity index (χ0) is 5.78. The molecule has 0 unspecified atom stereocenters. The molecule has 0 aromatic rings. The molecule has 46 valence electrons. The van der Waals surface area contributed by atoms with E-state index in [1.165, 1.54) is 0 Å². The standard InChI is InChI=1S/C4H6O3S/c5-8(6)1-3-4(2-8)7-3/h3-4H,1-2H2/t3-,4-/m0/s1. The summed E-state index contributed by atoms with van der Waals surface area (Å²) in [6, 6.07) is 0. The summed E-state index contributed by atoms with van der Waals surface area (Å²) in [7, 11) is -2.67. The van der Waals surface area contributed by atoms with Crippen LogP contribution in [0.2, 0.25) is 0 Å². The van der Waals surface area contributed by atoms with Crippen molar-refractivity contribution < 1.29 is 13.2 Å². The fourth-order valence-corrected chi connectivity index (χ4v) is 2.76. The van der Waals surface area contributed by atoms with Gasteiger partial charge in [-0.3, -0.25) is 0 Å². The zero-order valence-electron chi connectivity index (χ0n) is 4.20. The van der Waals surface area contributed by atoms with Gasteiger partial charge >= 0.3 is 0 Å². The average molecular weight is 134 g/mol. The molecule has 0 amide bonds. The highest BCUT2D eigenvalue weighted by Crippen LogP contribution is 2.31. The van der Waals surface area contributed by atoms with Gasteiger partial charge in [0.2, 0.25) is 0 Å². The first-order valence-electron chi connectivity index (χ1n) is 2.53. The molecule has 0 bridgehead atoms. The minimum absolute atomic E-state index is 0.0694. The van der Waals surface area contributed by atoms with Crippen molar-refractivity contribution in [1.29, 1.82) is 0 Å². The first kappa shape index (κ1) is 4.76. The molecule has 0 aromatic carbocycles. The van der Waals surface area contributed by atoms with Gasteiger partial charge < -0.3 is 4.74 Å². The van der Waals surface area contributed by atoms with Crippen molar-refractivity contribution in [3.8, 4) is 0 Å². The third-order valence-electron chi connectivity index (χ3n) is 1.52. The Bertz CT molecular complexity index is 189. The van der Waals surface area contributed by atoms with Crippen LogP contribution >= 0.6 is 0 Å². The summed E-state index contributed by atoms with van der Waals surface area (Å²) >= 11 is 0. The molecule has 0 N–H and O–H groups in total. The second-order valence-corrected chi connectivity index (χ2v) is 4.44. The maximum atomic E-state index is 10.6. The maximum absolute atomic E-state index is 10.6. The molecule has 2 saturated heterocycles. The summed E-state index contributed by atoms with van der Waals surface area (Å²) in [5.41, 5.74) is 0. The molecule has 2 aliphatic rings. The summed E-state index contributed by atoms with van der Waals surface area (Å²) in [4.78, 5) is 0. The van der Waals surface area contributed by atoms with Crippen LogP contribution in [0.1, 0.15) is 0 Å². The molecule has 2 fully saturated rings. The summed E-state index contributed by atoms with van der Waals surface area (Å²) in [6.07, 6.45) is 0.139. The van der Waals surface area contributed by atoms with E-state index in [4.69, 9.17) is 4.74 Å². The Balaban J connectivity index is 2.30. The van der Waals surface area contributed by atoms with Crippen LogP contribution in [0.15, 0.2) is 0 Å². The van der Waals surface area contributed by atoms with Crippen molar-refractivity contribution in [2.24, 2.45) is 0 Å². The number of sulfone groups is 1. The molecule has 0 aromatic heterocycles. The maximum Gasteiger partial charge on any atom is 0.155 e. The molecular weight excluding hydrogens is 128 g/mol. The van der Waals surface area contributed by atoms with Gasteiger partial charge in [-0.1, -0.05) is 0 Å². The summed E-state index contributed by atoms with van der Waals surface area (Å²) in [6.45, 7) is 0. The highest BCUT2D eigenvalue weighted by Gasteiger charge is 2.51. The monoisotopic (exact) mass is 134 g/mol. The van der Waals surface area contributed by atoms with Gasteiger partial charge in [-0.05, 0) is 0 Å². The first-order valence-corrected chi connectivity index (χ1v) is 4.35. The molecule has 2 aliphatic heterocycles. The van der Waals surface area contributed by atoms with Gasteiger partial charge in [-0.25, -0.2) is 8.42 Å². The number of fused-ring (bicyclic) bond motifs is 1. The van der Waals surface area contributed by atoms with E-state index >= 15 is 0 Å². The molecule has 8 heavy (non-hydrogen) atoms. The molecule has 4 heteroatoms. The molecular formula is C4H6O3S. The van der Waals surface area contributed by atoms with Crippen LogP contribution in [0, 0.1) is 0 Å². The van der Waals surface area contributed by atoms with Crippen LogP contribution < -0.4 is 0 Å². The predicted octanol–water partition coefficient (Wildman–Crippen LogP) is -0.818. The average Bonchev–Trinajstić information content (AvgIpc) is 2.11. The van der Waals surface area contributed by atoms with E-state index in [2.05, 4.69) is 0 Å². The molecule has 0 aliphatic carbocycles. The van der Waals surface area contributed by atoms with Gasteiger partial charge in [0.05, 0.1) is 23.7 Å². The zero-order valence-corrected chi connectivity index (χ0v) is 5.02. The lowest BCUT2D eigenvalue weighted by Gasteiger charge is -1.89. The molecule has 2 heterocycles. The third-order valence-corrected chi connectivity index (χ3v) is 3.20. The van der Waals surface area contributed by atoms with E-state index in [-0.39, 0.29) is 23.7 Å². The van der Waals surface area contributed by atoms with E-state index in [0.717, 1.165) is 0 Å². The molecule has 2 atom stereocenters. The molecule has 0 spiro atoms. The Kier molecular flexibility index (Phi) is 0.646. The lowest BCUT2D eigenvalue weighted by Crippen LogP contribution is -2.07. The minimum atomic E-state index is -2.67. The van der Waals surface area contributed by atoms with Crippen LogP contribution in [0.5, 0.6) is 0 Å². The molecule has 3 nitrogen and oxygen atoms in total. The summed E-state index contributed by atoms with van der Waals surface area (Å²) in [5.74, 6) is 0.523. The van der Waals surface area contributed by atoms with E-state index in [1.807, 2.05) is 0 Å². The van der Waals surface area contributed by atoms with E-state index in [0.29, 0.717) is 0 Å². The van der Waals surface area contributed by atoms with E-state index in [1.54, 1.807) is 0 Å². The lowest BCUT2D eigenvalue weighted by atomic mass is 10.4. The number of hydrogen-bond donors (Lipinski definition) is 0. The number of rotatable bonds is 0. The topological polar surface area (TPSA) is 46.7 Å². The Morgan fingerprint density at radius 3 is 2.00 bits per heavy atom. The largest absolute Gasteiger partial charge is 0.367 e. The van der Waals surface area contributed by atoms with Gasteiger partial charge in [0.1, 0.15) is 0 Å². The summed E-state index contributed by atoms with van der Waals surface area (Å²) in [5, 5.41) is 0. The third kappa shape index (κ3) is 0.563. The quantitative estimate of drug-likeness (QED) is 0.407. The van der Waals surface area contributed by atoms with Gasteiger partial charge in [-0.15, -0.1) is 0 Å². The fraction of sp³-hybridized carbons (Fsp3) is 1.00. The lowest BCUT2D eigenvalue weighted by molar-refractivity contribution is 0.380. The minimum Gasteiger partial charge on any atom is -0.367 e. The van der Waals surface area contributed by atoms with Crippen LogP contribution in [0.3, 0.4) is 0 Å². The van der Waals surface area contributed by atoms with Crippen molar-refractivity contribution >= 4 is 9.84 Å². The number of epoxide rings is 1. The first-order chi connectivity index (χ1) is 3.67. The van der Waals surface area contributed by atoms with Gasteiger partial charge in [0.25, 0.3) is 0 Å². The number of hydrogen-bond acceptors (Lipinski definition) is 3. The van der Waals surface area contributed by atoms with Crippen molar-refractivity contribution in [3.05, 3.63) is 0 Å². The Hall–Kier alpha value is -0.0900. The van der Waals surface area contributed by atoms with Crippen LogP contribution in [0.4, 0.5) is 0 Å². The smallest absolute Gasteiger partial charge is 0.155 e. The SMILES string of the molecule is O=S1(=O)C[C@@H]2O[C@H]2C1. The normalized spacial score (nSPS) is 48.5. The van der Waals surface area contributed by atoms with E-state index in [9.17, 15) is 8.42 Å². The summed E-state index contributed by atoms with van der Waals surface area (Å²) < 4.78 is 26.1. The van der Waals surface area contributed by atoms with Crippen LogP contribution in [0.25, 0.3) is 0 Å². The van der Waals surface area contributed by atoms with Gasteiger partial charge in [0, 0.05) is 0 Å². The van der Waals surface area contributed by atoms with Crippen molar-refractivity contribution in [1.82, 2.24) is 0 Å². The second kappa shape index (κ2) is 1.09. The molecule has 0 radical (unpaired) electrons. The van der Waals surface area contributed by atoms with Crippen molar-refractivity contribution in [3.63, 3.8) is 0 Å². The predicted molar refractivity (Wildman–Crippen MR) is 27.3 cm³/mol. The van der Waals surface area contributed by atoms with Gasteiger partial charge in [0.15, 0.2) is 9.84 Å².